The molecule has 30 heavy (non-hydrogen) atoms. The maximum atomic E-state index is 12.6. The molecule has 9 heteroatoms. The van der Waals surface area contributed by atoms with Crippen molar-refractivity contribution in [3.8, 4) is 5.69 Å². The summed E-state index contributed by atoms with van der Waals surface area (Å²) in [6.07, 6.45) is 1.09. The number of rotatable bonds is 6. The maximum absolute atomic E-state index is 12.6. The van der Waals surface area contributed by atoms with Gasteiger partial charge >= 0.3 is 6.03 Å². The molecule has 1 heterocycles. The van der Waals surface area contributed by atoms with Crippen molar-refractivity contribution in [2.45, 2.75) is 26.8 Å². The van der Waals surface area contributed by atoms with Gasteiger partial charge in [-0.3, -0.25) is 4.72 Å². The summed E-state index contributed by atoms with van der Waals surface area (Å²) < 4.78 is 27.1. The van der Waals surface area contributed by atoms with Crippen LogP contribution in [0.15, 0.2) is 54.6 Å². The Morgan fingerprint density at radius 2 is 1.77 bits per heavy atom. The molecular weight excluding hydrogens is 402 g/mol. The molecule has 0 bridgehead atoms. The molecule has 3 N–H and O–H groups in total. The highest BCUT2D eigenvalue weighted by Gasteiger charge is 2.17. The monoisotopic (exact) mass is 427 g/mol. The van der Waals surface area contributed by atoms with Crippen LogP contribution < -0.4 is 15.4 Å². The van der Waals surface area contributed by atoms with Gasteiger partial charge in [0.1, 0.15) is 0 Å². The van der Waals surface area contributed by atoms with Gasteiger partial charge in [0.15, 0.2) is 0 Å². The van der Waals surface area contributed by atoms with Gasteiger partial charge in [0.25, 0.3) is 0 Å². The number of carbonyl (C=O) groups is 1. The Morgan fingerprint density at radius 3 is 2.43 bits per heavy atom. The second-order valence-electron chi connectivity index (χ2n) is 7.11. The van der Waals surface area contributed by atoms with Crippen molar-refractivity contribution >= 4 is 27.4 Å². The van der Waals surface area contributed by atoms with Crippen molar-refractivity contribution < 1.29 is 13.2 Å². The SMILES string of the molecule is Cc1nn(-c2ccccc2)c(C)c1NC(=O)NC(C)c1cccc(NS(C)(=O)=O)c1. The lowest BCUT2D eigenvalue weighted by molar-refractivity contribution is 0.249. The van der Waals surface area contributed by atoms with Gasteiger partial charge in [0, 0.05) is 5.69 Å². The molecule has 8 nitrogen and oxygen atoms in total. The lowest BCUT2D eigenvalue weighted by Gasteiger charge is -2.16. The summed E-state index contributed by atoms with van der Waals surface area (Å²) in [6, 6.07) is 15.9. The van der Waals surface area contributed by atoms with Crippen LogP contribution in [0.2, 0.25) is 0 Å². The van der Waals surface area contributed by atoms with Crippen molar-refractivity contribution in [1.82, 2.24) is 15.1 Å². The number of carbonyl (C=O) groups excluding carboxylic acids is 1. The Balaban J connectivity index is 1.72. The highest BCUT2D eigenvalue weighted by Crippen LogP contribution is 2.23. The van der Waals surface area contributed by atoms with E-state index in [1.807, 2.05) is 57.2 Å². The predicted octanol–water partition coefficient (Wildman–Crippen LogP) is 3.74. The van der Waals surface area contributed by atoms with Crippen LogP contribution in [0, 0.1) is 13.8 Å². The zero-order chi connectivity index (χ0) is 21.9. The molecule has 0 saturated carbocycles. The van der Waals surface area contributed by atoms with Crippen molar-refractivity contribution in [3.05, 3.63) is 71.5 Å². The first-order valence-electron chi connectivity index (χ1n) is 9.41. The number of aryl methyl sites for hydroxylation is 1. The van der Waals surface area contributed by atoms with Crippen LogP contribution >= 0.6 is 0 Å². The second-order valence-corrected chi connectivity index (χ2v) is 8.86. The highest BCUT2D eigenvalue weighted by atomic mass is 32.2. The zero-order valence-corrected chi connectivity index (χ0v) is 18.1. The fourth-order valence-corrected chi connectivity index (χ4v) is 3.71. The van der Waals surface area contributed by atoms with E-state index in [4.69, 9.17) is 0 Å². The number of para-hydroxylation sites is 1. The van der Waals surface area contributed by atoms with E-state index in [1.165, 1.54) is 0 Å². The number of hydrogen-bond acceptors (Lipinski definition) is 4. The van der Waals surface area contributed by atoms with Crippen LogP contribution in [0.3, 0.4) is 0 Å². The van der Waals surface area contributed by atoms with E-state index in [2.05, 4.69) is 20.5 Å². The minimum Gasteiger partial charge on any atom is -0.331 e. The molecule has 2 amide bonds. The van der Waals surface area contributed by atoms with Gasteiger partial charge in [-0.05, 0) is 50.6 Å². The summed E-state index contributed by atoms with van der Waals surface area (Å²) >= 11 is 0. The standard InChI is InChI=1S/C21H25N5O3S/c1-14(17-9-8-10-18(13-17)25-30(4,28)29)22-21(27)23-20-15(2)24-26(16(20)3)19-11-6-5-7-12-19/h5-14,25H,1-4H3,(H2,22,23,27). The van der Waals surface area contributed by atoms with Crippen LogP contribution in [0.1, 0.15) is 29.9 Å². The van der Waals surface area contributed by atoms with Crippen LogP contribution in [0.4, 0.5) is 16.2 Å². The first kappa shape index (κ1) is 21.4. The summed E-state index contributed by atoms with van der Waals surface area (Å²) in [5, 5.41) is 10.3. The van der Waals surface area contributed by atoms with E-state index in [9.17, 15) is 13.2 Å². The average Bonchev–Trinajstić information content (AvgIpc) is 2.95. The number of nitrogens with zero attached hydrogens (tertiary/aromatic N) is 2. The Kier molecular flexibility index (Phi) is 6.12. The van der Waals surface area contributed by atoms with E-state index >= 15 is 0 Å². The molecule has 0 radical (unpaired) electrons. The smallest absolute Gasteiger partial charge is 0.319 e. The lowest BCUT2D eigenvalue weighted by atomic mass is 10.1. The number of amides is 2. The number of nitrogens with one attached hydrogen (secondary N) is 3. The third kappa shape index (κ3) is 5.18. The first-order chi connectivity index (χ1) is 14.1. The van der Waals surface area contributed by atoms with Gasteiger partial charge in [-0.1, -0.05) is 30.3 Å². The molecule has 3 aromatic rings. The zero-order valence-electron chi connectivity index (χ0n) is 17.3. The fourth-order valence-electron chi connectivity index (χ4n) is 3.16. The first-order valence-corrected chi connectivity index (χ1v) is 11.3. The molecular formula is C21H25N5O3S. The average molecular weight is 428 g/mol. The van der Waals surface area contributed by atoms with Crippen molar-refractivity contribution in [2.75, 3.05) is 16.3 Å². The van der Waals surface area contributed by atoms with Gasteiger partial charge < -0.3 is 10.6 Å². The van der Waals surface area contributed by atoms with Crippen LogP contribution in [0.5, 0.6) is 0 Å². The summed E-state index contributed by atoms with van der Waals surface area (Å²) in [6.45, 7) is 5.56. The van der Waals surface area contributed by atoms with Crippen molar-refractivity contribution in [2.24, 2.45) is 0 Å². The highest BCUT2D eigenvalue weighted by molar-refractivity contribution is 7.92. The molecule has 0 spiro atoms. The second kappa shape index (κ2) is 8.58. The quantitative estimate of drug-likeness (QED) is 0.557. The maximum Gasteiger partial charge on any atom is 0.319 e. The third-order valence-corrected chi connectivity index (χ3v) is 5.17. The van der Waals surface area contributed by atoms with Gasteiger partial charge in [-0.2, -0.15) is 5.10 Å². The number of benzene rings is 2. The van der Waals surface area contributed by atoms with E-state index in [-0.39, 0.29) is 12.1 Å². The molecule has 1 unspecified atom stereocenters. The molecule has 0 aliphatic carbocycles. The minimum atomic E-state index is -3.37. The Bertz CT molecular complexity index is 1160. The van der Waals surface area contributed by atoms with Crippen LogP contribution in [-0.4, -0.2) is 30.5 Å². The molecule has 1 aromatic heterocycles. The number of sulfonamides is 1. The summed E-state index contributed by atoms with van der Waals surface area (Å²) in [4.78, 5) is 12.6. The largest absolute Gasteiger partial charge is 0.331 e. The third-order valence-electron chi connectivity index (χ3n) is 4.57. The van der Waals surface area contributed by atoms with Crippen molar-refractivity contribution in [1.29, 1.82) is 0 Å². The lowest BCUT2D eigenvalue weighted by Crippen LogP contribution is -2.31. The summed E-state index contributed by atoms with van der Waals surface area (Å²) in [7, 11) is -3.37. The Morgan fingerprint density at radius 1 is 1.07 bits per heavy atom. The molecule has 0 aliphatic rings. The van der Waals surface area contributed by atoms with E-state index in [0.717, 1.165) is 23.2 Å². The van der Waals surface area contributed by atoms with Crippen molar-refractivity contribution in [3.63, 3.8) is 0 Å². The number of urea groups is 1. The van der Waals surface area contributed by atoms with Crippen LogP contribution in [-0.2, 0) is 10.0 Å². The Hall–Kier alpha value is -3.33. The number of aromatic nitrogens is 2. The van der Waals surface area contributed by atoms with E-state index < -0.39 is 10.0 Å². The van der Waals surface area contributed by atoms with Gasteiger partial charge in [0.05, 0.1) is 35.1 Å². The molecule has 2 aromatic carbocycles. The normalized spacial score (nSPS) is 12.3. The molecule has 3 rings (SSSR count). The number of hydrogen-bond donors (Lipinski definition) is 3. The molecule has 0 aliphatic heterocycles. The van der Waals surface area contributed by atoms with Gasteiger partial charge in [-0.15, -0.1) is 0 Å². The molecule has 1 atom stereocenters. The fraction of sp³-hybridized carbons (Fsp3) is 0.238. The van der Waals surface area contributed by atoms with Gasteiger partial charge in [0.2, 0.25) is 10.0 Å². The van der Waals surface area contributed by atoms with E-state index in [1.54, 1.807) is 22.9 Å². The molecule has 0 saturated heterocycles. The van der Waals surface area contributed by atoms with E-state index in [0.29, 0.717) is 17.1 Å². The number of anilines is 2. The van der Waals surface area contributed by atoms with Crippen LogP contribution in [0.25, 0.3) is 5.69 Å². The molecule has 158 valence electrons. The summed E-state index contributed by atoms with van der Waals surface area (Å²) in [5.41, 5.74) is 4.30. The minimum absolute atomic E-state index is 0.337. The van der Waals surface area contributed by atoms with Gasteiger partial charge in [-0.25, -0.2) is 17.9 Å². The Labute approximate surface area is 176 Å². The molecule has 0 fully saturated rings. The topological polar surface area (TPSA) is 105 Å². The summed E-state index contributed by atoms with van der Waals surface area (Å²) in [5.74, 6) is 0. The predicted molar refractivity (Wildman–Crippen MR) is 119 cm³/mol.